The van der Waals surface area contributed by atoms with E-state index in [1.807, 2.05) is 0 Å². The highest BCUT2D eigenvalue weighted by atomic mass is 16.5. The number of allylic oxidation sites excluding steroid dienone is 1. The first-order valence-corrected chi connectivity index (χ1v) is 5.34. The van der Waals surface area contributed by atoms with Crippen LogP contribution in [-0.4, -0.2) is 13.1 Å². The monoisotopic (exact) mass is 196 g/mol. The van der Waals surface area contributed by atoms with Crippen LogP contribution in [0.25, 0.3) is 0 Å². The molecule has 0 amide bonds. The zero-order valence-electron chi connectivity index (χ0n) is 9.54. The summed E-state index contributed by atoms with van der Waals surface area (Å²) in [5.74, 6) is 0.862. The summed E-state index contributed by atoms with van der Waals surface area (Å²) >= 11 is 0. The zero-order chi connectivity index (χ0) is 10.7. The van der Waals surface area contributed by atoms with E-state index in [4.69, 9.17) is 4.74 Å². The molecule has 1 aliphatic rings. The van der Waals surface area contributed by atoms with Crippen LogP contribution in [0.1, 0.15) is 33.6 Å². The molecular formula is C12H20O2. The summed E-state index contributed by atoms with van der Waals surface area (Å²) in [5, 5.41) is 0. The van der Waals surface area contributed by atoms with Crippen molar-refractivity contribution in [1.82, 2.24) is 0 Å². The summed E-state index contributed by atoms with van der Waals surface area (Å²) in [4.78, 5) is 11.5. The Hall–Kier alpha value is -0.790. The van der Waals surface area contributed by atoms with E-state index in [-0.39, 0.29) is 11.9 Å². The molecule has 0 saturated carbocycles. The molecule has 80 valence electrons. The lowest BCUT2D eigenvalue weighted by Crippen LogP contribution is -2.25. The van der Waals surface area contributed by atoms with Crippen molar-refractivity contribution in [3.63, 3.8) is 0 Å². The van der Waals surface area contributed by atoms with Crippen molar-refractivity contribution in [1.29, 1.82) is 0 Å². The number of esters is 1. The Bertz CT molecular complexity index is 241. The minimum atomic E-state index is -0.0876. The van der Waals surface area contributed by atoms with Gasteiger partial charge >= 0.3 is 5.97 Å². The van der Waals surface area contributed by atoms with E-state index in [1.54, 1.807) is 0 Å². The van der Waals surface area contributed by atoms with Crippen molar-refractivity contribution >= 4 is 5.97 Å². The van der Waals surface area contributed by atoms with Crippen molar-refractivity contribution in [2.24, 2.45) is 17.8 Å². The third-order valence-corrected chi connectivity index (χ3v) is 3.11. The summed E-state index contributed by atoms with van der Waals surface area (Å²) in [6, 6.07) is 0. The quantitative estimate of drug-likeness (QED) is 0.501. The molecule has 14 heavy (non-hydrogen) atoms. The van der Waals surface area contributed by atoms with Crippen LogP contribution in [0, 0.1) is 17.8 Å². The van der Waals surface area contributed by atoms with Gasteiger partial charge in [0.05, 0.1) is 13.0 Å². The first kappa shape index (κ1) is 11.3. The maximum atomic E-state index is 11.5. The maximum Gasteiger partial charge on any atom is 0.312 e. The SMILES string of the molecule is COC(=O)[C@H]1C=C(C(C)C)CC[C@H]1C. The van der Waals surface area contributed by atoms with Gasteiger partial charge < -0.3 is 4.74 Å². The van der Waals surface area contributed by atoms with Crippen LogP contribution in [0.5, 0.6) is 0 Å². The largest absolute Gasteiger partial charge is 0.469 e. The molecule has 1 aliphatic carbocycles. The molecule has 0 saturated heterocycles. The Morgan fingerprint density at radius 3 is 2.71 bits per heavy atom. The van der Waals surface area contributed by atoms with Crippen molar-refractivity contribution in [3.05, 3.63) is 11.6 Å². The fourth-order valence-corrected chi connectivity index (χ4v) is 1.97. The van der Waals surface area contributed by atoms with Gasteiger partial charge in [-0.05, 0) is 24.7 Å². The predicted molar refractivity (Wildman–Crippen MR) is 56.8 cm³/mol. The molecule has 0 aliphatic heterocycles. The van der Waals surface area contributed by atoms with Gasteiger partial charge in [0.25, 0.3) is 0 Å². The number of methoxy groups -OCH3 is 1. The van der Waals surface area contributed by atoms with Gasteiger partial charge in [-0.15, -0.1) is 0 Å². The van der Waals surface area contributed by atoms with Crippen LogP contribution >= 0.6 is 0 Å². The fourth-order valence-electron chi connectivity index (χ4n) is 1.97. The fraction of sp³-hybridized carbons (Fsp3) is 0.750. The number of ether oxygens (including phenoxy) is 1. The second-order valence-corrected chi connectivity index (χ2v) is 4.46. The minimum Gasteiger partial charge on any atom is -0.469 e. The molecule has 0 heterocycles. The Morgan fingerprint density at radius 1 is 1.57 bits per heavy atom. The van der Waals surface area contributed by atoms with Crippen LogP contribution < -0.4 is 0 Å². The predicted octanol–water partition coefficient (Wildman–Crippen LogP) is 2.79. The smallest absolute Gasteiger partial charge is 0.312 e. The molecule has 0 fully saturated rings. The third-order valence-electron chi connectivity index (χ3n) is 3.11. The third kappa shape index (κ3) is 2.37. The molecule has 0 unspecified atom stereocenters. The molecule has 2 atom stereocenters. The molecular weight excluding hydrogens is 176 g/mol. The molecule has 0 aromatic heterocycles. The maximum absolute atomic E-state index is 11.5. The highest BCUT2D eigenvalue weighted by Crippen LogP contribution is 2.32. The lowest BCUT2D eigenvalue weighted by molar-refractivity contribution is -0.145. The van der Waals surface area contributed by atoms with Crippen molar-refractivity contribution in [2.75, 3.05) is 7.11 Å². The summed E-state index contributed by atoms with van der Waals surface area (Å²) in [5.41, 5.74) is 1.40. The molecule has 0 spiro atoms. The van der Waals surface area contributed by atoms with E-state index in [0.29, 0.717) is 11.8 Å². The van der Waals surface area contributed by atoms with Crippen LogP contribution in [0.3, 0.4) is 0 Å². The average Bonchev–Trinajstić information content (AvgIpc) is 2.17. The highest BCUT2D eigenvalue weighted by molar-refractivity contribution is 5.75. The number of rotatable bonds is 2. The van der Waals surface area contributed by atoms with Gasteiger partial charge in [-0.3, -0.25) is 4.79 Å². The first-order chi connectivity index (χ1) is 6.56. The summed E-state index contributed by atoms with van der Waals surface area (Å²) < 4.78 is 4.80. The van der Waals surface area contributed by atoms with Gasteiger partial charge in [0.1, 0.15) is 0 Å². The van der Waals surface area contributed by atoms with E-state index in [9.17, 15) is 4.79 Å². The van der Waals surface area contributed by atoms with Crippen molar-refractivity contribution < 1.29 is 9.53 Å². The van der Waals surface area contributed by atoms with Crippen molar-refractivity contribution in [2.45, 2.75) is 33.6 Å². The Morgan fingerprint density at radius 2 is 2.21 bits per heavy atom. The number of carbonyl (C=O) groups is 1. The summed E-state index contributed by atoms with van der Waals surface area (Å²) in [6.45, 7) is 6.47. The summed E-state index contributed by atoms with van der Waals surface area (Å²) in [6.07, 6.45) is 4.35. The normalized spacial score (nSPS) is 27.4. The van der Waals surface area contributed by atoms with Gasteiger partial charge in [0.2, 0.25) is 0 Å². The second-order valence-electron chi connectivity index (χ2n) is 4.46. The van der Waals surface area contributed by atoms with E-state index >= 15 is 0 Å². The average molecular weight is 196 g/mol. The molecule has 0 aromatic carbocycles. The summed E-state index contributed by atoms with van der Waals surface area (Å²) in [7, 11) is 1.46. The van der Waals surface area contributed by atoms with Crippen molar-refractivity contribution in [3.8, 4) is 0 Å². The number of hydrogen-bond acceptors (Lipinski definition) is 2. The molecule has 0 N–H and O–H groups in total. The zero-order valence-corrected chi connectivity index (χ0v) is 9.54. The standard InChI is InChI=1S/C12H20O2/c1-8(2)10-6-5-9(3)11(7-10)12(13)14-4/h7-9,11H,5-6H2,1-4H3/t9-,11+/m1/s1. The topological polar surface area (TPSA) is 26.3 Å². The van der Waals surface area contributed by atoms with Crippen LogP contribution in [0.4, 0.5) is 0 Å². The number of carbonyl (C=O) groups excluding carboxylic acids is 1. The minimum absolute atomic E-state index is 0.0221. The molecule has 1 rings (SSSR count). The molecule has 0 radical (unpaired) electrons. The van der Waals surface area contributed by atoms with E-state index in [0.717, 1.165) is 12.8 Å². The second kappa shape index (κ2) is 4.63. The van der Waals surface area contributed by atoms with Crippen LogP contribution in [0.15, 0.2) is 11.6 Å². The van der Waals surface area contributed by atoms with E-state index < -0.39 is 0 Å². The Balaban J connectivity index is 2.80. The Labute approximate surface area is 86.3 Å². The molecule has 0 bridgehead atoms. The van der Waals surface area contributed by atoms with E-state index in [2.05, 4.69) is 26.8 Å². The molecule has 0 aromatic rings. The van der Waals surface area contributed by atoms with Crippen LogP contribution in [-0.2, 0) is 9.53 Å². The van der Waals surface area contributed by atoms with Gasteiger partial charge in [-0.25, -0.2) is 0 Å². The molecule has 2 nitrogen and oxygen atoms in total. The lowest BCUT2D eigenvalue weighted by atomic mass is 9.79. The molecule has 2 heteroatoms. The van der Waals surface area contributed by atoms with Gasteiger partial charge in [-0.1, -0.05) is 32.4 Å². The Kier molecular flexibility index (Phi) is 3.73. The van der Waals surface area contributed by atoms with Gasteiger partial charge in [-0.2, -0.15) is 0 Å². The lowest BCUT2D eigenvalue weighted by Gasteiger charge is -2.27. The van der Waals surface area contributed by atoms with Gasteiger partial charge in [0, 0.05) is 0 Å². The van der Waals surface area contributed by atoms with Crippen LogP contribution in [0.2, 0.25) is 0 Å². The number of hydrogen-bond donors (Lipinski definition) is 0. The highest BCUT2D eigenvalue weighted by Gasteiger charge is 2.28. The van der Waals surface area contributed by atoms with Gasteiger partial charge in [0.15, 0.2) is 0 Å². The first-order valence-electron chi connectivity index (χ1n) is 5.34. The van der Waals surface area contributed by atoms with E-state index in [1.165, 1.54) is 12.7 Å².